The minimum atomic E-state index is 0.736. The minimum Gasteiger partial charge on any atom is -0.105 e. The van der Waals surface area contributed by atoms with Gasteiger partial charge in [0.15, 0.2) is 0 Å². The van der Waals surface area contributed by atoms with Crippen LogP contribution in [0, 0.1) is 0 Å². The molecule has 0 bridgehead atoms. The van der Waals surface area contributed by atoms with Crippen LogP contribution in [-0.4, -0.2) is 0 Å². The van der Waals surface area contributed by atoms with Crippen LogP contribution >= 0.6 is 9.24 Å². The van der Waals surface area contributed by atoms with Crippen molar-refractivity contribution in [2.45, 2.75) is 78.1 Å². The fourth-order valence-corrected chi connectivity index (χ4v) is 3.77. The Morgan fingerprint density at radius 1 is 0.895 bits per heavy atom. The molecule has 1 rings (SSSR count). The maximum Gasteiger partial charge on any atom is -0.0156 e. The van der Waals surface area contributed by atoms with E-state index in [1.165, 1.54) is 43.8 Å². The van der Waals surface area contributed by atoms with Gasteiger partial charge in [0.05, 0.1) is 0 Å². The third-order valence-electron chi connectivity index (χ3n) is 4.28. The van der Waals surface area contributed by atoms with Gasteiger partial charge < -0.3 is 0 Å². The van der Waals surface area contributed by atoms with E-state index in [4.69, 9.17) is 0 Å². The molecule has 0 heterocycles. The molecule has 0 aliphatic rings. The van der Waals surface area contributed by atoms with Gasteiger partial charge in [-0.1, -0.05) is 58.7 Å². The summed E-state index contributed by atoms with van der Waals surface area (Å²) in [5.74, 6) is 1.48. The molecule has 0 saturated carbocycles. The Morgan fingerprint density at radius 2 is 1.47 bits per heavy atom. The summed E-state index contributed by atoms with van der Waals surface area (Å²) in [4.78, 5) is 0. The van der Waals surface area contributed by atoms with Gasteiger partial charge in [-0.15, -0.1) is 9.24 Å². The van der Waals surface area contributed by atoms with E-state index in [2.05, 4.69) is 55.1 Å². The van der Waals surface area contributed by atoms with Crippen LogP contribution in [0.2, 0.25) is 0 Å². The fourth-order valence-electron chi connectivity index (χ4n) is 3.26. The van der Waals surface area contributed by atoms with E-state index in [1.807, 2.05) is 0 Å². The number of hydrogen-bond acceptors (Lipinski definition) is 0. The molecule has 3 unspecified atom stereocenters. The Hall–Kier alpha value is -0.350. The molecule has 0 amide bonds. The van der Waals surface area contributed by atoms with Crippen molar-refractivity contribution in [1.82, 2.24) is 0 Å². The zero-order valence-electron chi connectivity index (χ0n) is 13.2. The highest BCUT2D eigenvalue weighted by molar-refractivity contribution is 7.27. The molecular formula is C18H31P. The average Bonchev–Trinajstić information content (AvgIpc) is 2.42. The average molecular weight is 278 g/mol. The summed E-state index contributed by atoms with van der Waals surface area (Å²) in [6, 6.07) is 6.88. The summed E-state index contributed by atoms with van der Waals surface area (Å²) in [6.45, 7) is 9.27. The van der Waals surface area contributed by atoms with Crippen molar-refractivity contribution in [2.75, 3.05) is 0 Å². The summed E-state index contributed by atoms with van der Waals surface area (Å²) in [6.07, 6.45) is 7.72. The van der Waals surface area contributed by atoms with Gasteiger partial charge in [-0.25, -0.2) is 0 Å². The SMILES string of the molecule is CCCC(CC)c1cccc(P)c1C(CC)CCC. The highest BCUT2D eigenvalue weighted by Gasteiger charge is 2.19. The Morgan fingerprint density at radius 3 is 2.00 bits per heavy atom. The Labute approximate surface area is 122 Å². The van der Waals surface area contributed by atoms with Crippen LogP contribution in [0.5, 0.6) is 0 Å². The van der Waals surface area contributed by atoms with Gasteiger partial charge >= 0.3 is 0 Å². The molecule has 1 heteroatoms. The molecule has 0 radical (unpaired) electrons. The Balaban J connectivity index is 3.19. The molecule has 19 heavy (non-hydrogen) atoms. The maximum atomic E-state index is 2.97. The molecule has 108 valence electrons. The van der Waals surface area contributed by atoms with E-state index in [1.54, 1.807) is 11.1 Å². The number of hydrogen-bond donors (Lipinski definition) is 0. The molecule has 1 aromatic rings. The van der Waals surface area contributed by atoms with E-state index in [0.29, 0.717) is 0 Å². The van der Waals surface area contributed by atoms with Gasteiger partial charge in [0, 0.05) is 0 Å². The molecule has 0 N–H and O–H groups in total. The van der Waals surface area contributed by atoms with Crippen LogP contribution in [0.15, 0.2) is 18.2 Å². The summed E-state index contributed by atoms with van der Waals surface area (Å²) in [5.41, 5.74) is 3.26. The first-order chi connectivity index (χ1) is 9.19. The molecule has 0 aliphatic carbocycles. The lowest BCUT2D eigenvalue weighted by atomic mass is 9.81. The molecule has 3 atom stereocenters. The lowest BCUT2D eigenvalue weighted by Gasteiger charge is -2.25. The van der Waals surface area contributed by atoms with Crippen molar-refractivity contribution in [3.63, 3.8) is 0 Å². The number of benzene rings is 1. The van der Waals surface area contributed by atoms with Gasteiger partial charge in [-0.2, -0.15) is 0 Å². The second-order valence-electron chi connectivity index (χ2n) is 5.64. The molecule has 0 fully saturated rings. The molecule has 0 spiro atoms. The van der Waals surface area contributed by atoms with Crippen molar-refractivity contribution in [3.05, 3.63) is 29.3 Å². The molecule has 0 aliphatic heterocycles. The predicted octanol–water partition coefficient (Wildman–Crippen LogP) is 5.77. The Kier molecular flexibility index (Phi) is 7.69. The summed E-state index contributed by atoms with van der Waals surface area (Å²) < 4.78 is 0. The fraction of sp³-hybridized carbons (Fsp3) is 0.667. The van der Waals surface area contributed by atoms with Crippen LogP contribution in [0.25, 0.3) is 0 Å². The van der Waals surface area contributed by atoms with E-state index in [9.17, 15) is 0 Å². The van der Waals surface area contributed by atoms with Crippen LogP contribution < -0.4 is 5.30 Å². The smallest absolute Gasteiger partial charge is 0.0156 e. The Bertz CT molecular complexity index is 370. The van der Waals surface area contributed by atoms with E-state index in [0.717, 1.165) is 11.8 Å². The second kappa shape index (κ2) is 8.75. The first kappa shape index (κ1) is 16.7. The third-order valence-corrected chi connectivity index (χ3v) is 4.78. The van der Waals surface area contributed by atoms with Crippen LogP contribution in [0.1, 0.15) is 89.2 Å². The topological polar surface area (TPSA) is 0 Å². The largest absolute Gasteiger partial charge is 0.105 e. The summed E-state index contributed by atoms with van der Waals surface area (Å²) in [5, 5.41) is 1.42. The standard InChI is InChI=1S/C18H31P/c1-5-10-14(7-3)16-12-9-13-17(19)18(16)15(8-4)11-6-2/h9,12-15H,5-8,10-11,19H2,1-4H3. The van der Waals surface area contributed by atoms with Crippen molar-refractivity contribution >= 4 is 14.5 Å². The van der Waals surface area contributed by atoms with E-state index in [-0.39, 0.29) is 0 Å². The van der Waals surface area contributed by atoms with Crippen LogP contribution in [0.4, 0.5) is 0 Å². The lowest BCUT2D eigenvalue weighted by molar-refractivity contribution is 0.557. The molecule has 0 saturated heterocycles. The van der Waals surface area contributed by atoms with Crippen LogP contribution in [0.3, 0.4) is 0 Å². The zero-order chi connectivity index (χ0) is 14.3. The predicted molar refractivity (Wildman–Crippen MR) is 91.7 cm³/mol. The van der Waals surface area contributed by atoms with Gasteiger partial charge in [-0.05, 0) is 54.0 Å². The molecule has 1 aromatic carbocycles. The molecule has 0 aromatic heterocycles. The highest BCUT2D eigenvalue weighted by atomic mass is 31.0. The van der Waals surface area contributed by atoms with Crippen molar-refractivity contribution < 1.29 is 0 Å². The lowest BCUT2D eigenvalue weighted by Crippen LogP contribution is -2.14. The van der Waals surface area contributed by atoms with Crippen LogP contribution in [-0.2, 0) is 0 Å². The number of rotatable bonds is 8. The molecule has 0 nitrogen and oxygen atoms in total. The normalized spacial score (nSPS) is 14.4. The van der Waals surface area contributed by atoms with Gasteiger partial charge in [0.25, 0.3) is 0 Å². The monoisotopic (exact) mass is 278 g/mol. The van der Waals surface area contributed by atoms with Crippen molar-refractivity contribution in [3.8, 4) is 0 Å². The second-order valence-corrected chi connectivity index (χ2v) is 6.26. The first-order valence-electron chi connectivity index (χ1n) is 8.07. The quantitative estimate of drug-likeness (QED) is 0.529. The van der Waals surface area contributed by atoms with Gasteiger partial charge in [0.2, 0.25) is 0 Å². The first-order valence-corrected chi connectivity index (χ1v) is 8.65. The van der Waals surface area contributed by atoms with Gasteiger partial charge in [-0.3, -0.25) is 0 Å². The highest BCUT2D eigenvalue weighted by Crippen LogP contribution is 2.34. The zero-order valence-corrected chi connectivity index (χ0v) is 14.4. The van der Waals surface area contributed by atoms with Crippen molar-refractivity contribution in [1.29, 1.82) is 0 Å². The summed E-state index contributed by atoms with van der Waals surface area (Å²) >= 11 is 0. The van der Waals surface area contributed by atoms with Crippen molar-refractivity contribution in [2.24, 2.45) is 0 Å². The van der Waals surface area contributed by atoms with E-state index >= 15 is 0 Å². The van der Waals surface area contributed by atoms with E-state index < -0.39 is 0 Å². The third kappa shape index (κ3) is 4.32. The van der Waals surface area contributed by atoms with Gasteiger partial charge in [0.1, 0.15) is 0 Å². The summed E-state index contributed by atoms with van der Waals surface area (Å²) in [7, 11) is 2.97. The minimum absolute atomic E-state index is 0.736. The molecular weight excluding hydrogens is 247 g/mol. The maximum absolute atomic E-state index is 2.97.